The second kappa shape index (κ2) is 12.9. The fourth-order valence-corrected chi connectivity index (χ4v) is 7.70. The molecule has 1 aliphatic heterocycles. The van der Waals surface area contributed by atoms with Crippen LogP contribution < -0.4 is 15.1 Å². The highest BCUT2D eigenvalue weighted by Crippen LogP contribution is 2.41. The van der Waals surface area contributed by atoms with Gasteiger partial charge in [0.15, 0.2) is 0 Å². The van der Waals surface area contributed by atoms with E-state index < -0.39 is 0 Å². The van der Waals surface area contributed by atoms with E-state index in [0.29, 0.717) is 0 Å². The smallest absolute Gasteiger partial charge is 0.136 e. The van der Waals surface area contributed by atoms with Gasteiger partial charge in [-0.25, -0.2) is 0 Å². The fraction of sp³-hybridized carbons (Fsp3) is 0.0204. The first-order valence-electron chi connectivity index (χ1n) is 18.1. The molecule has 0 radical (unpaired) electrons. The van der Waals surface area contributed by atoms with E-state index in [2.05, 4.69) is 197 Å². The summed E-state index contributed by atoms with van der Waals surface area (Å²) in [5.41, 5.74) is 9.72. The molecule has 0 spiro atoms. The summed E-state index contributed by atoms with van der Waals surface area (Å²) in [5.74, 6) is 1.02. The molecule has 10 rings (SSSR count). The minimum Gasteiger partial charge on any atom is -0.456 e. The molecule has 1 aliphatic rings. The Kier molecular flexibility index (Phi) is 7.51. The van der Waals surface area contributed by atoms with Gasteiger partial charge < -0.3 is 14.6 Å². The number of furan rings is 1. The van der Waals surface area contributed by atoms with Crippen molar-refractivity contribution >= 4 is 77.5 Å². The Labute approximate surface area is 308 Å². The Morgan fingerprint density at radius 2 is 1.02 bits per heavy atom. The van der Waals surface area contributed by atoms with E-state index in [1.165, 1.54) is 32.7 Å². The predicted molar refractivity (Wildman–Crippen MR) is 223 cm³/mol. The summed E-state index contributed by atoms with van der Waals surface area (Å²) < 4.78 is 6.22. The van der Waals surface area contributed by atoms with Crippen LogP contribution in [0, 0.1) is 0 Å². The van der Waals surface area contributed by atoms with Crippen molar-refractivity contribution in [2.24, 2.45) is 0 Å². The highest BCUT2D eigenvalue weighted by molar-refractivity contribution is 6.16. The number of para-hydroxylation sites is 3. The number of rotatable bonds is 7. The number of hydrogen-bond acceptors (Lipinski definition) is 4. The van der Waals surface area contributed by atoms with Gasteiger partial charge in [-0.3, -0.25) is 4.90 Å². The van der Waals surface area contributed by atoms with Gasteiger partial charge in [-0.05, 0) is 112 Å². The molecule has 1 aromatic heterocycles. The first kappa shape index (κ1) is 30.8. The predicted octanol–water partition coefficient (Wildman–Crippen LogP) is 13.0. The average molecular weight is 682 g/mol. The molecule has 0 amide bonds. The molecule has 0 saturated carbocycles. The van der Waals surface area contributed by atoms with Crippen molar-refractivity contribution in [1.29, 1.82) is 0 Å². The number of anilines is 5. The van der Waals surface area contributed by atoms with E-state index in [-0.39, 0.29) is 0 Å². The molecule has 1 N–H and O–H groups in total. The highest BCUT2D eigenvalue weighted by Gasteiger charge is 2.20. The molecule has 2 heterocycles. The molecule has 252 valence electrons. The lowest BCUT2D eigenvalue weighted by Crippen LogP contribution is -2.31. The van der Waals surface area contributed by atoms with Crippen LogP contribution in [0.5, 0.6) is 0 Å². The van der Waals surface area contributed by atoms with Crippen molar-refractivity contribution in [3.63, 3.8) is 0 Å². The van der Waals surface area contributed by atoms with E-state index in [1.807, 2.05) is 12.1 Å². The SMILES string of the molecule is C1=C(c2ccccc2)CNC(N(c2ccccc2)c2cccc(N(c3ccccc3)c3ccc4c(ccc5cc6oc7ccccc7c6cc54)c3)c2)=C1. The molecule has 0 bridgehead atoms. The number of nitrogens with one attached hydrogen (secondary N) is 1. The summed E-state index contributed by atoms with van der Waals surface area (Å²) in [6, 6.07) is 64.6. The van der Waals surface area contributed by atoms with Crippen LogP contribution in [0.3, 0.4) is 0 Å². The quantitative estimate of drug-likeness (QED) is 0.170. The number of dihydropyridines is 1. The molecule has 4 heteroatoms. The van der Waals surface area contributed by atoms with Crippen LogP contribution in [-0.4, -0.2) is 6.54 Å². The molecule has 53 heavy (non-hydrogen) atoms. The van der Waals surface area contributed by atoms with E-state index in [4.69, 9.17) is 4.42 Å². The summed E-state index contributed by atoms with van der Waals surface area (Å²) in [6.07, 6.45) is 4.42. The lowest BCUT2D eigenvalue weighted by atomic mass is 9.99. The van der Waals surface area contributed by atoms with Crippen LogP contribution in [0.4, 0.5) is 28.4 Å². The molecular formula is C49H35N3O. The van der Waals surface area contributed by atoms with Gasteiger partial charge in [0.1, 0.15) is 17.0 Å². The molecule has 0 unspecified atom stereocenters. The Morgan fingerprint density at radius 1 is 0.396 bits per heavy atom. The molecule has 8 aromatic carbocycles. The third-order valence-electron chi connectivity index (χ3n) is 10.2. The zero-order valence-corrected chi connectivity index (χ0v) is 29.0. The monoisotopic (exact) mass is 681 g/mol. The first-order chi connectivity index (χ1) is 26.3. The summed E-state index contributed by atoms with van der Waals surface area (Å²) in [7, 11) is 0. The van der Waals surface area contributed by atoms with Gasteiger partial charge in [-0.15, -0.1) is 0 Å². The maximum absolute atomic E-state index is 6.22. The normalized spacial score (nSPS) is 12.8. The van der Waals surface area contributed by atoms with Crippen LogP contribution in [0.15, 0.2) is 204 Å². The van der Waals surface area contributed by atoms with Crippen LogP contribution in [0.25, 0.3) is 49.1 Å². The Balaban J connectivity index is 1.09. The van der Waals surface area contributed by atoms with E-state index in [0.717, 1.165) is 62.7 Å². The minimum absolute atomic E-state index is 0.739. The van der Waals surface area contributed by atoms with Crippen LogP contribution in [0.1, 0.15) is 5.56 Å². The van der Waals surface area contributed by atoms with Gasteiger partial charge in [-0.1, -0.05) is 115 Å². The maximum Gasteiger partial charge on any atom is 0.136 e. The molecule has 0 saturated heterocycles. The van der Waals surface area contributed by atoms with Gasteiger partial charge in [0.2, 0.25) is 0 Å². The molecule has 0 aliphatic carbocycles. The minimum atomic E-state index is 0.739. The highest BCUT2D eigenvalue weighted by atomic mass is 16.3. The molecule has 0 atom stereocenters. The second-order valence-electron chi connectivity index (χ2n) is 13.5. The van der Waals surface area contributed by atoms with Crippen molar-refractivity contribution in [3.05, 3.63) is 206 Å². The number of allylic oxidation sites excluding steroid dienone is 2. The molecule has 0 fully saturated rings. The van der Waals surface area contributed by atoms with Gasteiger partial charge in [0.05, 0.1) is 0 Å². The largest absolute Gasteiger partial charge is 0.456 e. The molecule has 4 nitrogen and oxygen atoms in total. The van der Waals surface area contributed by atoms with E-state index in [9.17, 15) is 0 Å². The lowest BCUT2D eigenvalue weighted by molar-refractivity contribution is 0.669. The van der Waals surface area contributed by atoms with E-state index >= 15 is 0 Å². The number of hydrogen-bond donors (Lipinski definition) is 1. The molecular weight excluding hydrogens is 647 g/mol. The summed E-state index contributed by atoms with van der Waals surface area (Å²) in [6.45, 7) is 0.739. The number of fused-ring (bicyclic) bond motifs is 6. The Hall–Kier alpha value is -7.04. The summed E-state index contributed by atoms with van der Waals surface area (Å²) >= 11 is 0. The Bertz CT molecular complexity index is 2840. The Morgan fingerprint density at radius 3 is 1.75 bits per heavy atom. The van der Waals surface area contributed by atoms with Crippen molar-refractivity contribution in [1.82, 2.24) is 5.32 Å². The third kappa shape index (κ3) is 5.58. The number of benzene rings is 8. The van der Waals surface area contributed by atoms with Crippen molar-refractivity contribution in [3.8, 4) is 0 Å². The zero-order chi connectivity index (χ0) is 35.1. The third-order valence-corrected chi connectivity index (χ3v) is 10.2. The average Bonchev–Trinajstić information content (AvgIpc) is 3.59. The zero-order valence-electron chi connectivity index (χ0n) is 29.0. The summed E-state index contributed by atoms with van der Waals surface area (Å²) in [5, 5.41) is 10.8. The van der Waals surface area contributed by atoms with Gasteiger partial charge in [-0.2, -0.15) is 0 Å². The van der Waals surface area contributed by atoms with Gasteiger partial charge in [0, 0.05) is 45.8 Å². The van der Waals surface area contributed by atoms with Crippen molar-refractivity contribution < 1.29 is 4.42 Å². The lowest BCUT2D eigenvalue weighted by Gasteiger charge is -2.32. The topological polar surface area (TPSA) is 31.6 Å². The molecule has 9 aromatic rings. The van der Waals surface area contributed by atoms with Crippen LogP contribution >= 0.6 is 0 Å². The summed E-state index contributed by atoms with van der Waals surface area (Å²) in [4.78, 5) is 4.65. The van der Waals surface area contributed by atoms with E-state index in [1.54, 1.807) is 0 Å². The fourth-order valence-electron chi connectivity index (χ4n) is 7.70. The van der Waals surface area contributed by atoms with Crippen LogP contribution in [0.2, 0.25) is 0 Å². The van der Waals surface area contributed by atoms with Crippen LogP contribution in [-0.2, 0) is 0 Å². The number of nitrogens with zero attached hydrogens (tertiary/aromatic N) is 2. The second-order valence-corrected chi connectivity index (χ2v) is 13.5. The van der Waals surface area contributed by atoms with Gasteiger partial charge >= 0.3 is 0 Å². The first-order valence-corrected chi connectivity index (χ1v) is 18.1. The van der Waals surface area contributed by atoms with Gasteiger partial charge in [0.25, 0.3) is 0 Å². The van der Waals surface area contributed by atoms with Crippen molar-refractivity contribution in [2.75, 3.05) is 16.3 Å². The maximum atomic E-state index is 6.22. The standard InChI is InChI=1S/C49H35N3O/c1-4-13-34(14-5-1)37-25-28-49(50-33-37)52(39-17-8-3-9-18-39)41-20-12-19-40(31-41)51(38-15-6-2-7-16-38)42-26-27-43-35(29-42)23-24-36-30-48-46(32-45(36)43)44-21-10-11-22-47(44)53-48/h1-32,50H,33H2. The van der Waals surface area contributed by atoms with Crippen molar-refractivity contribution in [2.45, 2.75) is 0 Å².